The van der Waals surface area contributed by atoms with Crippen molar-refractivity contribution in [1.29, 1.82) is 0 Å². The van der Waals surface area contributed by atoms with E-state index in [4.69, 9.17) is 10.5 Å². The molecular weight excluding hydrogens is 310 g/mol. The second-order valence-electron chi connectivity index (χ2n) is 6.12. The first-order valence-corrected chi connectivity index (χ1v) is 8.46. The SMILES string of the molecule is CCOC1CCC(Nc2ncc(C(N)=O)c(NC[C@H](C)O)n2)CC1. The Morgan fingerprint density at radius 2 is 2.17 bits per heavy atom. The van der Waals surface area contributed by atoms with Crippen LogP contribution in [0.25, 0.3) is 0 Å². The molecule has 0 spiro atoms. The molecule has 8 heteroatoms. The first-order valence-electron chi connectivity index (χ1n) is 8.46. The fourth-order valence-corrected chi connectivity index (χ4v) is 2.80. The molecule has 0 radical (unpaired) electrons. The second kappa shape index (κ2) is 8.79. The number of hydrogen-bond acceptors (Lipinski definition) is 7. The molecule has 1 saturated carbocycles. The van der Waals surface area contributed by atoms with Crippen molar-refractivity contribution in [3.63, 3.8) is 0 Å². The third kappa shape index (κ3) is 5.31. The number of ether oxygens (including phenoxy) is 1. The van der Waals surface area contributed by atoms with Gasteiger partial charge in [0.15, 0.2) is 0 Å². The Balaban J connectivity index is 2.00. The van der Waals surface area contributed by atoms with Gasteiger partial charge in [0.05, 0.1) is 17.8 Å². The van der Waals surface area contributed by atoms with E-state index in [2.05, 4.69) is 20.6 Å². The van der Waals surface area contributed by atoms with E-state index in [0.29, 0.717) is 17.9 Å². The van der Waals surface area contributed by atoms with Gasteiger partial charge in [0.2, 0.25) is 5.95 Å². The molecule has 1 aromatic rings. The molecule has 134 valence electrons. The van der Waals surface area contributed by atoms with Crippen molar-refractivity contribution in [1.82, 2.24) is 9.97 Å². The van der Waals surface area contributed by atoms with Crippen LogP contribution in [-0.2, 0) is 4.74 Å². The average molecular weight is 337 g/mol. The average Bonchev–Trinajstić information content (AvgIpc) is 2.55. The number of carbonyl (C=O) groups excluding carboxylic acids is 1. The van der Waals surface area contributed by atoms with Crippen LogP contribution >= 0.6 is 0 Å². The minimum absolute atomic E-state index is 0.209. The van der Waals surface area contributed by atoms with E-state index in [1.54, 1.807) is 6.92 Å². The van der Waals surface area contributed by atoms with Crippen molar-refractivity contribution in [3.05, 3.63) is 11.8 Å². The van der Waals surface area contributed by atoms with Gasteiger partial charge in [-0.15, -0.1) is 0 Å². The van der Waals surface area contributed by atoms with Crippen molar-refractivity contribution in [2.75, 3.05) is 23.8 Å². The molecule has 1 atom stereocenters. The monoisotopic (exact) mass is 337 g/mol. The minimum atomic E-state index is -0.605. The molecule has 8 nitrogen and oxygen atoms in total. The van der Waals surface area contributed by atoms with Gasteiger partial charge in [0.25, 0.3) is 5.91 Å². The van der Waals surface area contributed by atoms with E-state index in [-0.39, 0.29) is 18.2 Å². The smallest absolute Gasteiger partial charge is 0.254 e. The molecule has 24 heavy (non-hydrogen) atoms. The largest absolute Gasteiger partial charge is 0.392 e. The zero-order valence-electron chi connectivity index (χ0n) is 14.3. The lowest BCUT2D eigenvalue weighted by Gasteiger charge is -2.29. The van der Waals surface area contributed by atoms with Gasteiger partial charge in [-0.25, -0.2) is 4.98 Å². The highest BCUT2D eigenvalue weighted by atomic mass is 16.5. The first kappa shape index (κ1) is 18.4. The maximum Gasteiger partial charge on any atom is 0.254 e. The highest BCUT2D eigenvalue weighted by Gasteiger charge is 2.22. The lowest BCUT2D eigenvalue weighted by Crippen LogP contribution is -2.30. The molecule has 1 heterocycles. The van der Waals surface area contributed by atoms with Crippen LogP contribution in [0.15, 0.2) is 6.20 Å². The summed E-state index contributed by atoms with van der Waals surface area (Å²) in [5.74, 6) is 0.184. The van der Waals surface area contributed by atoms with Crippen LogP contribution in [0.3, 0.4) is 0 Å². The Morgan fingerprint density at radius 3 is 2.75 bits per heavy atom. The highest BCUT2D eigenvalue weighted by Crippen LogP contribution is 2.24. The van der Waals surface area contributed by atoms with E-state index >= 15 is 0 Å². The van der Waals surface area contributed by atoms with Crippen LogP contribution < -0.4 is 16.4 Å². The van der Waals surface area contributed by atoms with Gasteiger partial charge < -0.3 is 26.2 Å². The Kier molecular flexibility index (Phi) is 6.74. The van der Waals surface area contributed by atoms with Crippen LogP contribution in [0.2, 0.25) is 0 Å². The van der Waals surface area contributed by atoms with Crippen LogP contribution in [0.5, 0.6) is 0 Å². The number of rotatable bonds is 8. The normalized spacial score (nSPS) is 22.0. The molecule has 0 aromatic carbocycles. The lowest BCUT2D eigenvalue weighted by atomic mass is 9.93. The number of aromatic nitrogens is 2. The second-order valence-corrected chi connectivity index (χ2v) is 6.12. The van der Waals surface area contributed by atoms with Crippen molar-refractivity contribution in [2.24, 2.45) is 5.73 Å². The molecule has 0 aliphatic heterocycles. The van der Waals surface area contributed by atoms with Gasteiger partial charge in [-0.3, -0.25) is 4.79 Å². The standard InChI is InChI=1S/C16H27N5O3/c1-3-24-12-6-4-11(5-7-12)20-16-19-9-13(14(17)23)15(21-16)18-8-10(2)22/h9-12,22H,3-8H2,1-2H3,(H2,17,23)(H2,18,19,20,21)/t10-,11?,12?/m0/s1. The summed E-state index contributed by atoms with van der Waals surface area (Å²) < 4.78 is 5.65. The summed E-state index contributed by atoms with van der Waals surface area (Å²) in [6, 6.07) is 0.283. The van der Waals surface area contributed by atoms with E-state index in [0.717, 1.165) is 32.3 Å². The van der Waals surface area contributed by atoms with Gasteiger partial charge in [-0.1, -0.05) is 0 Å². The molecule has 2 rings (SSSR count). The van der Waals surface area contributed by atoms with Gasteiger partial charge in [-0.05, 0) is 39.5 Å². The summed E-state index contributed by atoms with van der Waals surface area (Å²) in [5.41, 5.74) is 5.55. The third-order valence-corrected chi connectivity index (χ3v) is 4.03. The van der Waals surface area contributed by atoms with E-state index in [9.17, 15) is 9.90 Å². The number of nitrogens with zero attached hydrogens (tertiary/aromatic N) is 2. The van der Waals surface area contributed by atoms with Crippen LogP contribution in [0, 0.1) is 0 Å². The predicted octanol–water partition coefficient (Wildman–Crippen LogP) is 1.13. The molecule has 0 bridgehead atoms. The van der Waals surface area contributed by atoms with Crippen molar-refractivity contribution in [3.8, 4) is 0 Å². The number of anilines is 2. The molecule has 5 N–H and O–H groups in total. The molecular formula is C16H27N5O3. The number of nitrogens with one attached hydrogen (secondary N) is 2. The number of primary amides is 1. The molecule has 1 amide bonds. The fourth-order valence-electron chi connectivity index (χ4n) is 2.80. The quantitative estimate of drug-likeness (QED) is 0.561. The van der Waals surface area contributed by atoms with Crippen molar-refractivity contribution < 1.29 is 14.6 Å². The van der Waals surface area contributed by atoms with Gasteiger partial charge in [0, 0.05) is 25.4 Å². The first-order chi connectivity index (χ1) is 11.5. The van der Waals surface area contributed by atoms with Gasteiger partial charge >= 0.3 is 0 Å². The van der Waals surface area contributed by atoms with Gasteiger partial charge in [0.1, 0.15) is 5.82 Å². The predicted molar refractivity (Wildman–Crippen MR) is 92.0 cm³/mol. The lowest BCUT2D eigenvalue weighted by molar-refractivity contribution is 0.0346. The number of amides is 1. The summed E-state index contributed by atoms with van der Waals surface area (Å²) in [4.78, 5) is 20.0. The minimum Gasteiger partial charge on any atom is -0.392 e. The maximum atomic E-state index is 11.5. The summed E-state index contributed by atoms with van der Waals surface area (Å²) >= 11 is 0. The van der Waals surface area contributed by atoms with E-state index in [1.165, 1.54) is 6.20 Å². The van der Waals surface area contributed by atoms with E-state index in [1.807, 2.05) is 6.92 Å². The molecule has 1 fully saturated rings. The maximum absolute atomic E-state index is 11.5. The fraction of sp³-hybridized carbons (Fsp3) is 0.688. The Bertz CT molecular complexity index is 545. The molecule has 0 unspecified atom stereocenters. The third-order valence-electron chi connectivity index (χ3n) is 4.03. The Hall–Kier alpha value is -1.93. The topological polar surface area (TPSA) is 122 Å². The van der Waals surface area contributed by atoms with Crippen LogP contribution in [-0.4, -0.2) is 52.4 Å². The molecule has 1 aromatic heterocycles. The zero-order chi connectivity index (χ0) is 17.5. The zero-order valence-corrected chi connectivity index (χ0v) is 14.3. The van der Waals surface area contributed by atoms with Gasteiger partial charge in [-0.2, -0.15) is 4.98 Å². The van der Waals surface area contributed by atoms with Crippen molar-refractivity contribution >= 4 is 17.7 Å². The number of nitrogens with two attached hydrogens (primary N) is 1. The molecule has 0 saturated heterocycles. The summed E-state index contributed by atoms with van der Waals surface area (Å²) in [6.45, 7) is 4.68. The summed E-state index contributed by atoms with van der Waals surface area (Å²) in [5, 5.41) is 15.6. The van der Waals surface area contributed by atoms with Crippen LogP contribution in [0.4, 0.5) is 11.8 Å². The Labute approximate surface area is 142 Å². The number of aliphatic hydroxyl groups is 1. The molecule has 1 aliphatic carbocycles. The molecule has 1 aliphatic rings. The number of aliphatic hydroxyl groups excluding tert-OH is 1. The number of carbonyl (C=O) groups is 1. The summed E-state index contributed by atoms with van der Waals surface area (Å²) in [6.07, 6.45) is 5.19. The van der Waals surface area contributed by atoms with Crippen LogP contribution in [0.1, 0.15) is 49.9 Å². The van der Waals surface area contributed by atoms with Crippen molar-refractivity contribution in [2.45, 2.75) is 57.8 Å². The highest BCUT2D eigenvalue weighted by molar-refractivity contribution is 5.97. The summed E-state index contributed by atoms with van der Waals surface area (Å²) in [7, 11) is 0. The number of hydrogen-bond donors (Lipinski definition) is 4. The van der Waals surface area contributed by atoms with E-state index < -0.39 is 12.0 Å². The Morgan fingerprint density at radius 1 is 1.46 bits per heavy atom.